The quantitative estimate of drug-likeness (QED) is 0.571. The topological polar surface area (TPSA) is 59.3 Å². The number of ether oxygens (including phenoxy) is 1. The van der Waals surface area contributed by atoms with Gasteiger partial charge in [-0.15, -0.1) is 0 Å². The molecule has 139 valence electrons. The molecule has 1 radical (unpaired) electrons. The largest absolute Gasteiger partial charge is 0.459 e. The average molecular weight is 442 g/mol. The SMILES string of the molecule is Cc1cccc(C)c1NC(=O)C[n+]1cccc(C(=O)OC2CCCC2)c1.[Y]. The fraction of sp³-hybridized carbons (Fsp3) is 0.381. The van der Waals surface area contributed by atoms with Crippen LogP contribution in [0.25, 0.3) is 0 Å². The predicted octanol–water partition coefficient (Wildman–Crippen LogP) is 3.33. The van der Waals surface area contributed by atoms with E-state index in [1.165, 1.54) is 0 Å². The Morgan fingerprint density at radius 3 is 2.44 bits per heavy atom. The summed E-state index contributed by atoms with van der Waals surface area (Å²) in [5.74, 6) is -0.449. The van der Waals surface area contributed by atoms with Crippen molar-refractivity contribution in [2.45, 2.75) is 52.2 Å². The molecule has 3 rings (SSSR count). The summed E-state index contributed by atoms with van der Waals surface area (Å²) in [7, 11) is 0. The van der Waals surface area contributed by atoms with E-state index >= 15 is 0 Å². The molecular formula is C21H25N2O3Y+. The summed E-state index contributed by atoms with van der Waals surface area (Å²) in [4.78, 5) is 24.7. The van der Waals surface area contributed by atoms with Crippen molar-refractivity contribution in [2.75, 3.05) is 5.32 Å². The zero-order valence-electron chi connectivity index (χ0n) is 15.9. The Balaban J connectivity index is 0.00000261. The number of aromatic nitrogens is 1. The second-order valence-electron chi connectivity index (χ2n) is 6.89. The normalized spacial score (nSPS) is 13.7. The molecule has 0 spiro atoms. The van der Waals surface area contributed by atoms with Crippen molar-refractivity contribution in [3.63, 3.8) is 0 Å². The zero-order chi connectivity index (χ0) is 18.5. The number of nitrogens with zero attached hydrogens (tertiary/aromatic N) is 1. The average Bonchev–Trinajstić information content (AvgIpc) is 3.11. The van der Waals surface area contributed by atoms with Crippen LogP contribution >= 0.6 is 0 Å². The Hall–Kier alpha value is -1.59. The fourth-order valence-corrected chi connectivity index (χ4v) is 3.32. The molecule has 1 fully saturated rings. The number of nitrogens with one attached hydrogen (secondary N) is 1. The van der Waals surface area contributed by atoms with Gasteiger partial charge in [-0.2, -0.15) is 4.57 Å². The van der Waals surface area contributed by atoms with Crippen molar-refractivity contribution in [1.82, 2.24) is 0 Å². The monoisotopic (exact) mass is 442 g/mol. The van der Waals surface area contributed by atoms with Gasteiger partial charge in [0.2, 0.25) is 6.54 Å². The predicted molar refractivity (Wildman–Crippen MR) is 98.9 cm³/mol. The smallest absolute Gasteiger partial charge is 0.344 e. The third-order valence-corrected chi connectivity index (χ3v) is 4.74. The Kier molecular flexibility index (Phi) is 8.12. The molecule has 1 aromatic heterocycles. The van der Waals surface area contributed by atoms with E-state index < -0.39 is 0 Å². The molecule has 1 saturated carbocycles. The summed E-state index contributed by atoms with van der Waals surface area (Å²) in [6, 6.07) is 9.38. The van der Waals surface area contributed by atoms with E-state index in [4.69, 9.17) is 4.74 Å². The van der Waals surface area contributed by atoms with Crippen LogP contribution in [0.15, 0.2) is 42.7 Å². The second-order valence-corrected chi connectivity index (χ2v) is 6.89. The van der Waals surface area contributed by atoms with Gasteiger partial charge < -0.3 is 10.1 Å². The Bertz CT molecular complexity index is 797. The number of hydrogen-bond acceptors (Lipinski definition) is 3. The van der Waals surface area contributed by atoms with E-state index in [0.29, 0.717) is 5.56 Å². The van der Waals surface area contributed by atoms with Crippen LogP contribution in [0.4, 0.5) is 5.69 Å². The molecule has 0 saturated heterocycles. The summed E-state index contributed by atoms with van der Waals surface area (Å²) in [5, 5.41) is 2.96. The number of carbonyl (C=O) groups excluding carboxylic acids is 2. The molecule has 0 unspecified atom stereocenters. The molecule has 1 aromatic carbocycles. The maximum Gasteiger partial charge on any atom is 0.344 e. The van der Waals surface area contributed by atoms with Gasteiger partial charge in [0.05, 0.1) is 0 Å². The van der Waals surface area contributed by atoms with Crippen LogP contribution in [-0.4, -0.2) is 18.0 Å². The molecule has 1 aliphatic carbocycles. The molecule has 1 aliphatic rings. The van der Waals surface area contributed by atoms with Crippen molar-refractivity contribution in [3.8, 4) is 0 Å². The van der Waals surface area contributed by atoms with Crippen molar-refractivity contribution >= 4 is 17.6 Å². The number of hydrogen-bond donors (Lipinski definition) is 1. The summed E-state index contributed by atoms with van der Waals surface area (Å²) >= 11 is 0. The molecule has 2 aromatic rings. The third-order valence-electron chi connectivity index (χ3n) is 4.74. The zero-order valence-corrected chi connectivity index (χ0v) is 18.7. The van der Waals surface area contributed by atoms with Crippen molar-refractivity contribution in [2.24, 2.45) is 0 Å². The summed E-state index contributed by atoms with van der Waals surface area (Å²) in [6.45, 7) is 4.07. The van der Waals surface area contributed by atoms with Gasteiger partial charge in [-0.3, -0.25) is 4.79 Å². The van der Waals surface area contributed by atoms with Crippen LogP contribution in [0.5, 0.6) is 0 Å². The maximum absolute atomic E-state index is 12.4. The molecule has 6 heteroatoms. The minimum Gasteiger partial charge on any atom is -0.459 e. The van der Waals surface area contributed by atoms with Crippen molar-refractivity contribution in [3.05, 3.63) is 59.4 Å². The first kappa shape index (κ1) is 21.7. The summed E-state index contributed by atoms with van der Waals surface area (Å²) in [5.41, 5.74) is 3.36. The Morgan fingerprint density at radius 2 is 1.78 bits per heavy atom. The van der Waals surface area contributed by atoms with E-state index in [1.807, 2.05) is 32.0 Å². The van der Waals surface area contributed by atoms with Crippen LogP contribution in [0, 0.1) is 13.8 Å². The van der Waals surface area contributed by atoms with Gasteiger partial charge in [-0.05, 0) is 56.7 Å². The number of amides is 1. The van der Waals surface area contributed by atoms with E-state index in [2.05, 4.69) is 5.32 Å². The maximum atomic E-state index is 12.4. The molecule has 0 atom stereocenters. The van der Waals surface area contributed by atoms with E-state index in [1.54, 1.807) is 29.1 Å². The molecule has 5 nitrogen and oxygen atoms in total. The van der Waals surface area contributed by atoms with Crippen LogP contribution in [0.2, 0.25) is 0 Å². The van der Waals surface area contributed by atoms with Crippen LogP contribution in [0.1, 0.15) is 47.2 Å². The number of benzene rings is 1. The number of para-hydroxylation sites is 1. The van der Waals surface area contributed by atoms with Gasteiger partial charge in [-0.25, -0.2) is 4.79 Å². The first-order valence-corrected chi connectivity index (χ1v) is 9.09. The molecule has 27 heavy (non-hydrogen) atoms. The van der Waals surface area contributed by atoms with Crippen LogP contribution in [0.3, 0.4) is 0 Å². The number of esters is 1. The summed E-state index contributed by atoms with van der Waals surface area (Å²) < 4.78 is 7.23. The molecule has 1 heterocycles. The first-order valence-electron chi connectivity index (χ1n) is 9.09. The van der Waals surface area contributed by atoms with Crippen molar-refractivity contribution < 1.29 is 51.6 Å². The van der Waals surface area contributed by atoms with Gasteiger partial charge in [0.15, 0.2) is 12.4 Å². The van der Waals surface area contributed by atoms with Crippen molar-refractivity contribution in [1.29, 1.82) is 0 Å². The summed E-state index contributed by atoms with van der Waals surface area (Å²) in [6.07, 6.45) is 7.59. The minimum absolute atomic E-state index is 0. The van der Waals surface area contributed by atoms with E-state index in [9.17, 15) is 9.59 Å². The second kappa shape index (κ2) is 10.1. The number of carbonyl (C=O) groups is 2. The van der Waals surface area contributed by atoms with Gasteiger partial charge in [0.25, 0.3) is 5.91 Å². The first-order chi connectivity index (χ1) is 12.5. The molecule has 0 aliphatic heterocycles. The minimum atomic E-state index is -0.318. The van der Waals surface area contributed by atoms with Crippen LogP contribution < -0.4 is 9.88 Å². The Morgan fingerprint density at radius 1 is 1.11 bits per heavy atom. The van der Waals surface area contributed by atoms with Gasteiger partial charge >= 0.3 is 5.97 Å². The van der Waals surface area contributed by atoms with E-state index in [-0.39, 0.29) is 57.2 Å². The number of rotatable bonds is 5. The number of anilines is 1. The van der Waals surface area contributed by atoms with Gasteiger partial charge in [0, 0.05) is 44.5 Å². The molecule has 1 N–H and O–H groups in total. The van der Waals surface area contributed by atoms with Gasteiger partial charge in [0.1, 0.15) is 11.7 Å². The molecular weight excluding hydrogens is 417 g/mol. The molecule has 0 bridgehead atoms. The fourth-order valence-electron chi connectivity index (χ4n) is 3.32. The number of aryl methyl sites for hydroxylation is 2. The van der Waals surface area contributed by atoms with E-state index in [0.717, 1.165) is 42.5 Å². The molecule has 1 amide bonds. The standard InChI is InChI=1S/C21H24N2O3.Y/c1-15-7-5-8-16(2)20(15)22-19(24)14-23-12-6-9-17(13-23)21(25)26-18-10-3-4-11-18;/h5-9,12-13,18H,3-4,10-11,14H2,1-2H3;/p+1. The Labute approximate surface area is 185 Å². The third kappa shape index (κ3) is 5.95. The van der Waals surface area contributed by atoms with Gasteiger partial charge in [-0.1, -0.05) is 18.2 Å². The van der Waals surface area contributed by atoms with Crippen LogP contribution in [-0.2, 0) is 48.8 Å². The number of pyridine rings is 1.